The lowest BCUT2D eigenvalue weighted by Gasteiger charge is -2.15. The van der Waals surface area contributed by atoms with Crippen molar-refractivity contribution in [2.24, 2.45) is 4.99 Å². The Morgan fingerprint density at radius 2 is 2.04 bits per heavy atom. The summed E-state index contributed by atoms with van der Waals surface area (Å²) in [5.41, 5.74) is 2.42. The number of esters is 1. The Morgan fingerprint density at radius 3 is 2.65 bits per heavy atom. The summed E-state index contributed by atoms with van der Waals surface area (Å²) in [5.74, 6) is -0.136. The summed E-state index contributed by atoms with van der Waals surface area (Å²) in [6.45, 7) is 3.72. The van der Waals surface area contributed by atoms with Gasteiger partial charge in [-0.15, -0.1) is 0 Å². The number of carbonyl (C=O) groups excluding carboxylic acids is 1. The van der Waals surface area contributed by atoms with Crippen molar-refractivity contribution in [1.29, 1.82) is 5.26 Å². The number of nitrogens with zero attached hydrogens (tertiary/aromatic N) is 2. The molecule has 0 amide bonds. The standard InChI is InChI=1S/C19H16N2O2/c1-19(2,12-20)15-9-7-14(8-10-15)17-21-16(18(22)23-17)11-13-5-3-4-6-13/h3-5,7-11H,6H2,1-2H3. The summed E-state index contributed by atoms with van der Waals surface area (Å²) in [6, 6.07) is 9.63. The normalized spacial score (nSPS) is 18.7. The van der Waals surface area contributed by atoms with Crippen LogP contribution >= 0.6 is 0 Å². The number of carbonyl (C=O) groups is 1. The fraction of sp³-hybridized carbons (Fsp3) is 0.211. The molecule has 0 saturated carbocycles. The highest BCUT2D eigenvalue weighted by Crippen LogP contribution is 2.24. The van der Waals surface area contributed by atoms with Crippen LogP contribution in [0.15, 0.2) is 64.8 Å². The van der Waals surface area contributed by atoms with Gasteiger partial charge in [0.15, 0.2) is 5.70 Å². The molecule has 0 unspecified atom stereocenters. The van der Waals surface area contributed by atoms with Gasteiger partial charge in [0.25, 0.3) is 0 Å². The van der Waals surface area contributed by atoms with E-state index in [1.807, 2.05) is 56.3 Å². The monoisotopic (exact) mass is 304 g/mol. The predicted molar refractivity (Wildman–Crippen MR) is 87.6 cm³/mol. The van der Waals surface area contributed by atoms with E-state index in [4.69, 9.17) is 4.74 Å². The third kappa shape index (κ3) is 3.00. The molecule has 2 aliphatic rings. The molecular weight excluding hydrogens is 288 g/mol. The molecule has 1 aliphatic carbocycles. The van der Waals surface area contributed by atoms with Gasteiger partial charge in [-0.05, 0) is 49.6 Å². The highest BCUT2D eigenvalue weighted by Gasteiger charge is 2.25. The molecule has 0 N–H and O–H groups in total. The van der Waals surface area contributed by atoms with Gasteiger partial charge in [-0.1, -0.05) is 30.4 Å². The summed E-state index contributed by atoms with van der Waals surface area (Å²) in [7, 11) is 0. The molecule has 23 heavy (non-hydrogen) atoms. The van der Waals surface area contributed by atoms with Gasteiger partial charge in [0.1, 0.15) is 0 Å². The summed E-state index contributed by atoms with van der Waals surface area (Å²) < 4.78 is 5.25. The third-order valence-electron chi connectivity index (χ3n) is 3.88. The van der Waals surface area contributed by atoms with Crippen molar-refractivity contribution in [3.63, 3.8) is 0 Å². The highest BCUT2D eigenvalue weighted by atomic mass is 16.6. The van der Waals surface area contributed by atoms with Crippen LogP contribution in [0, 0.1) is 11.3 Å². The van der Waals surface area contributed by atoms with E-state index in [2.05, 4.69) is 11.1 Å². The van der Waals surface area contributed by atoms with Crippen molar-refractivity contribution in [2.75, 3.05) is 0 Å². The van der Waals surface area contributed by atoms with Crippen molar-refractivity contribution >= 4 is 11.9 Å². The van der Waals surface area contributed by atoms with Gasteiger partial charge >= 0.3 is 5.97 Å². The minimum absolute atomic E-state index is 0.300. The van der Waals surface area contributed by atoms with Crippen molar-refractivity contribution in [1.82, 2.24) is 0 Å². The van der Waals surface area contributed by atoms with Crippen molar-refractivity contribution in [2.45, 2.75) is 25.7 Å². The van der Waals surface area contributed by atoms with E-state index in [1.165, 1.54) is 0 Å². The summed E-state index contributed by atoms with van der Waals surface area (Å²) in [5, 5.41) is 9.17. The van der Waals surface area contributed by atoms with Gasteiger partial charge in [-0.2, -0.15) is 5.26 Å². The molecule has 4 heteroatoms. The zero-order chi connectivity index (χ0) is 16.4. The third-order valence-corrected chi connectivity index (χ3v) is 3.88. The first-order valence-electron chi connectivity index (χ1n) is 7.40. The van der Waals surface area contributed by atoms with E-state index in [9.17, 15) is 10.1 Å². The van der Waals surface area contributed by atoms with Gasteiger partial charge in [-0.3, -0.25) is 0 Å². The number of allylic oxidation sites excluding steroid dienone is 5. The molecule has 0 fully saturated rings. The minimum Gasteiger partial charge on any atom is -0.402 e. The maximum atomic E-state index is 11.9. The predicted octanol–water partition coefficient (Wildman–Crippen LogP) is 3.56. The van der Waals surface area contributed by atoms with E-state index in [-0.39, 0.29) is 0 Å². The molecule has 4 nitrogen and oxygen atoms in total. The molecule has 0 radical (unpaired) electrons. The van der Waals surface area contributed by atoms with E-state index in [0.717, 1.165) is 23.1 Å². The SMILES string of the molecule is CC(C)(C#N)c1ccc(C2=NC(=CC3=CC=CC3)C(=O)O2)cc1. The fourth-order valence-corrected chi connectivity index (χ4v) is 2.37. The molecule has 1 aliphatic heterocycles. The van der Waals surface area contributed by atoms with Gasteiger partial charge in [0, 0.05) is 5.56 Å². The molecule has 3 rings (SSSR count). The lowest BCUT2D eigenvalue weighted by Crippen LogP contribution is -2.14. The Kier molecular flexibility index (Phi) is 3.71. The number of cyclic esters (lactones) is 1. The van der Waals surface area contributed by atoms with Crippen LogP contribution in [0.5, 0.6) is 0 Å². The molecule has 0 atom stereocenters. The summed E-state index contributed by atoms with van der Waals surface area (Å²) in [4.78, 5) is 16.2. The van der Waals surface area contributed by atoms with Gasteiger partial charge in [0.2, 0.25) is 5.90 Å². The van der Waals surface area contributed by atoms with Crippen molar-refractivity contribution in [3.8, 4) is 6.07 Å². The molecule has 1 aromatic carbocycles. The van der Waals surface area contributed by atoms with Crippen LogP contribution in [0.25, 0.3) is 0 Å². The molecule has 0 saturated heterocycles. The number of aliphatic imine (C=N–C) groups is 1. The molecule has 114 valence electrons. The van der Waals surface area contributed by atoms with Gasteiger partial charge in [-0.25, -0.2) is 9.79 Å². The van der Waals surface area contributed by atoms with Crippen molar-refractivity contribution in [3.05, 3.63) is 71.0 Å². The Bertz CT molecular complexity index is 816. The average molecular weight is 304 g/mol. The van der Waals surface area contributed by atoms with Gasteiger partial charge < -0.3 is 4.74 Å². The molecular formula is C19H16N2O2. The van der Waals surface area contributed by atoms with Crippen LogP contribution < -0.4 is 0 Å². The summed E-state index contributed by atoms with van der Waals surface area (Å²) >= 11 is 0. The first-order chi connectivity index (χ1) is 11.0. The second-order valence-corrected chi connectivity index (χ2v) is 6.02. The number of benzene rings is 1. The van der Waals surface area contributed by atoms with Crippen LogP contribution in [-0.4, -0.2) is 11.9 Å². The maximum Gasteiger partial charge on any atom is 0.363 e. The van der Waals surface area contributed by atoms with E-state index in [0.29, 0.717) is 11.6 Å². The summed E-state index contributed by atoms with van der Waals surface area (Å²) in [6.07, 6.45) is 8.48. The Morgan fingerprint density at radius 1 is 1.30 bits per heavy atom. The van der Waals surface area contributed by atoms with Crippen LogP contribution in [0.1, 0.15) is 31.4 Å². The highest BCUT2D eigenvalue weighted by molar-refractivity contribution is 6.11. The smallest absolute Gasteiger partial charge is 0.363 e. The zero-order valence-electron chi connectivity index (χ0n) is 13.0. The van der Waals surface area contributed by atoms with E-state index < -0.39 is 11.4 Å². The Labute approximate surface area is 135 Å². The Hall–Kier alpha value is -2.93. The molecule has 0 bridgehead atoms. The second-order valence-electron chi connectivity index (χ2n) is 6.02. The lowest BCUT2D eigenvalue weighted by atomic mass is 9.86. The van der Waals surface area contributed by atoms with E-state index in [1.54, 1.807) is 6.08 Å². The average Bonchev–Trinajstić information content (AvgIpc) is 3.18. The van der Waals surface area contributed by atoms with Crippen LogP contribution in [0.2, 0.25) is 0 Å². The van der Waals surface area contributed by atoms with Crippen LogP contribution in [0.3, 0.4) is 0 Å². The first-order valence-corrected chi connectivity index (χ1v) is 7.40. The molecule has 0 spiro atoms. The first kappa shape index (κ1) is 15.0. The number of hydrogen-bond acceptors (Lipinski definition) is 4. The number of ether oxygens (including phenoxy) is 1. The second kappa shape index (κ2) is 5.69. The molecule has 1 heterocycles. The number of hydrogen-bond donors (Lipinski definition) is 0. The zero-order valence-corrected chi connectivity index (χ0v) is 13.0. The lowest BCUT2D eigenvalue weighted by molar-refractivity contribution is -0.130. The topological polar surface area (TPSA) is 62.5 Å². The van der Waals surface area contributed by atoms with E-state index >= 15 is 0 Å². The quantitative estimate of drug-likeness (QED) is 0.633. The molecule has 1 aromatic rings. The number of rotatable bonds is 3. The van der Waals surface area contributed by atoms with Crippen molar-refractivity contribution < 1.29 is 9.53 Å². The number of nitriles is 1. The maximum absolute atomic E-state index is 11.9. The largest absolute Gasteiger partial charge is 0.402 e. The fourth-order valence-electron chi connectivity index (χ4n) is 2.37. The van der Waals surface area contributed by atoms with Crippen LogP contribution in [0.4, 0.5) is 0 Å². The Balaban J connectivity index is 1.85. The van der Waals surface area contributed by atoms with Crippen LogP contribution in [-0.2, 0) is 14.9 Å². The minimum atomic E-state index is -0.556. The van der Waals surface area contributed by atoms with Gasteiger partial charge in [0.05, 0.1) is 11.5 Å². The molecule has 0 aromatic heterocycles.